The summed E-state index contributed by atoms with van der Waals surface area (Å²) in [5.74, 6) is 0.305. The number of likely N-dealkylation sites (N-methyl/N-ethyl adjacent to an activating group) is 1. The number of benzene rings is 1. The Balaban J connectivity index is 0.000000522. The van der Waals surface area contributed by atoms with E-state index in [1.807, 2.05) is 38.3 Å². The summed E-state index contributed by atoms with van der Waals surface area (Å²) in [5, 5.41) is 3.81. The highest BCUT2D eigenvalue weighted by atomic mass is 19.1. The quantitative estimate of drug-likeness (QED) is 0.185. The van der Waals surface area contributed by atoms with Crippen molar-refractivity contribution in [3.63, 3.8) is 0 Å². The lowest BCUT2D eigenvalue weighted by molar-refractivity contribution is -0.109. The first kappa shape index (κ1) is 37.0. The van der Waals surface area contributed by atoms with E-state index in [1.165, 1.54) is 5.56 Å². The average molecular weight is 582 g/mol. The highest BCUT2D eigenvalue weighted by molar-refractivity contribution is 5.84. The predicted octanol–water partition coefficient (Wildman–Crippen LogP) is 8.10. The van der Waals surface area contributed by atoms with Gasteiger partial charge in [-0.2, -0.15) is 0 Å². The number of aromatic nitrogens is 1. The molecular weight excluding hydrogens is 525 g/mol. The molecule has 1 fully saturated rings. The minimum atomic E-state index is -0.527. The molecule has 0 saturated carbocycles. The molecule has 1 aliphatic rings. The van der Waals surface area contributed by atoms with Crippen molar-refractivity contribution in [1.29, 1.82) is 0 Å². The molecule has 0 radical (unpaired) electrons. The summed E-state index contributed by atoms with van der Waals surface area (Å²) in [6.07, 6.45) is 12.5. The fourth-order valence-corrected chi connectivity index (χ4v) is 5.52. The summed E-state index contributed by atoms with van der Waals surface area (Å²) in [4.78, 5) is 19.3. The summed E-state index contributed by atoms with van der Waals surface area (Å²) in [6.45, 7) is 25.8. The second-order valence-electron chi connectivity index (χ2n) is 11.6. The Morgan fingerprint density at radius 2 is 1.93 bits per heavy atom. The Morgan fingerprint density at radius 1 is 1.26 bits per heavy atom. The van der Waals surface area contributed by atoms with Gasteiger partial charge in [0.1, 0.15) is 17.8 Å². The molecule has 1 aliphatic heterocycles. The fraction of sp³-hybridized carbons (Fsp3) is 0.543. The molecule has 1 saturated heterocycles. The van der Waals surface area contributed by atoms with Gasteiger partial charge in [-0.25, -0.2) is 4.39 Å². The number of fused-ring (bicyclic) bond motifs is 1. The van der Waals surface area contributed by atoms with Crippen LogP contribution in [-0.2, 0) is 4.79 Å². The van der Waals surface area contributed by atoms with Gasteiger partial charge in [-0.1, -0.05) is 53.9 Å². The number of allylic oxidation sites excluding steroid dienone is 4. The third kappa shape index (κ3) is 8.74. The van der Waals surface area contributed by atoms with Crippen LogP contribution in [0.4, 0.5) is 4.39 Å². The van der Waals surface area contributed by atoms with Crippen LogP contribution in [-0.4, -0.2) is 47.7 Å². The van der Waals surface area contributed by atoms with Gasteiger partial charge in [0.05, 0.1) is 6.04 Å². The molecule has 2 aromatic rings. The minimum Gasteiger partial charge on any atom is -0.361 e. The van der Waals surface area contributed by atoms with E-state index in [4.69, 9.17) is 5.73 Å². The van der Waals surface area contributed by atoms with Crippen molar-refractivity contribution in [3.8, 4) is 0 Å². The number of H-pyrrole nitrogens is 1. The maximum atomic E-state index is 13.7. The third-order valence-corrected chi connectivity index (χ3v) is 8.83. The number of nitrogens with zero attached hydrogens (tertiary/aromatic N) is 2. The van der Waals surface area contributed by atoms with Gasteiger partial charge in [0, 0.05) is 52.6 Å². The molecule has 0 spiro atoms. The molecule has 0 bridgehead atoms. The second kappa shape index (κ2) is 17.2. The normalized spacial score (nSPS) is 22.3. The van der Waals surface area contributed by atoms with Crippen LogP contribution in [0, 0.1) is 17.2 Å². The van der Waals surface area contributed by atoms with Gasteiger partial charge in [0.2, 0.25) is 0 Å². The lowest BCUT2D eigenvalue weighted by atomic mass is 9.66. The Bertz CT molecular complexity index is 1220. The summed E-state index contributed by atoms with van der Waals surface area (Å²) >= 11 is 0. The monoisotopic (exact) mass is 581 g/mol. The van der Waals surface area contributed by atoms with Crippen molar-refractivity contribution in [2.24, 2.45) is 22.1 Å². The zero-order valence-corrected chi connectivity index (χ0v) is 27.6. The lowest BCUT2D eigenvalue weighted by Gasteiger charge is -2.52. The number of halogens is 1. The van der Waals surface area contributed by atoms with Crippen molar-refractivity contribution in [1.82, 2.24) is 15.2 Å². The fourth-order valence-electron chi connectivity index (χ4n) is 5.52. The van der Waals surface area contributed by atoms with Crippen LogP contribution in [0.15, 0.2) is 66.1 Å². The molecule has 0 aliphatic carbocycles. The maximum Gasteiger partial charge on any atom is 0.136 e. The number of hydrogen-bond donors (Lipinski definition) is 3. The maximum absolute atomic E-state index is 13.7. The first-order chi connectivity index (χ1) is 19.8. The smallest absolute Gasteiger partial charge is 0.136 e. The Hall–Kier alpha value is -3.03. The van der Waals surface area contributed by atoms with Crippen molar-refractivity contribution in [2.45, 2.75) is 98.7 Å². The number of aliphatic imine (C=N–C) groups is 1. The molecule has 2 heterocycles. The Morgan fingerprint density at radius 3 is 2.40 bits per heavy atom. The number of carbonyl (C=O) groups excluding carboxylic acids is 1. The van der Waals surface area contributed by atoms with Crippen molar-refractivity contribution < 1.29 is 9.18 Å². The van der Waals surface area contributed by atoms with Crippen molar-refractivity contribution in [2.75, 3.05) is 13.6 Å². The van der Waals surface area contributed by atoms with Crippen LogP contribution in [0.3, 0.4) is 0 Å². The summed E-state index contributed by atoms with van der Waals surface area (Å²) < 4.78 is 13.7. The number of nitrogens with two attached hydrogens (primary N) is 1. The Kier molecular flexibility index (Phi) is 15.1. The van der Waals surface area contributed by atoms with Gasteiger partial charge < -0.3 is 25.7 Å². The molecule has 1 aromatic carbocycles. The Labute approximate surface area is 254 Å². The van der Waals surface area contributed by atoms with Gasteiger partial charge in [0.15, 0.2) is 0 Å². The van der Waals surface area contributed by atoms with E-state index in [-0.39, 0.29) is 23.2 Å². The van der Waals surface area contributed by atoms with Crippen LogP contribution in [0.1, 0.15) is 92.6 Å². The van der Waals surface area contributed by atoms with Gasteiger partial charge in [0.25, 0.3) is 0 Å². The molecule has 1 aromatic heterocycles. The van der Waals surface area contributed by atoms with E-state index >= 15 is 0 Å². The van der Waals surface area contributed by atoms with E-state index in [0.717, 1.165) is 60.8 Å². The number of rotatable bonds is 11. The molecule has 3 rings (SSSR count). The summed E-state index contributed by atoms with van der Waals surface area (Å²) in [7, 11) is 1.75. The van der Waals surface area contributed by atoms with Crippen molar-refractivity contribution >= 4 is 23.4 Å². The molecular formula is C35H56FN5O. The predicted molar refractivity (Wildman–Crippen MR) is 179 cm³/mol. The number of nitrogens with one attached hydrogen (secondary N) is 2. The number of aromatic amines is 1. The number of likely N-dealkylation sites (tertiary alicyclic amines) is 1. The van der Waals surface area contributed by atoms with Crippen LogP contribution in [0.2, 0.25) is 0 Å². The summed E-state index contributed by atoms with van der Waals surface area (Å²) in [5.41, 5.74) is 10.9. The van der Waals surface area contributed by atoms with E-state index in [1.54, 1.807) is 32.3 Å². The second-order valence-corrected chi connectivity index (χ2v) is 11.6. The molecule has 0 amide bonds. The average Bonchev–Trinajstić information content (AvgIpc) is 3.51. The van der Waals surface area contributed by atoms with Crippen LogP contribution in [0.25, 0.3) is 10.9 Å². The number of carbonyl (C=O) groups is 1. The zero-order chi connectivity index (χ0) is 32.1. The largest absolute Gasteiger partial charge is 0.361 e. The molecule has 1 unspecified atom stereocenters. The zero-order valence-electron chi connectivity index (χ0n) is 27.6. The minimum absolute atomic E-state index is 0.00463. The van der Waals surface area contributed by atoms with Crippen LogP contribution < -0.4 is 11.1 Å². The van der Waals surface area contributed by atoms with Crippen LogP contribution >= 0.6 is 0 Å². The first-order valence-corrected chi connectivity index (χ1v) is 15.3. The highest BCUT2D eigenvalue weighted by Crippen LogP contribution is 2.55. The van der Waals surface area contributed by atoms with Gasteiger partial charge >= 0.3 is 0 Å². The number of aldehydes is 1. The number of hydrogen-bond acceptors (Lipinski definition) is 5. The van der Waals surface area contributed by atoms with E-state index in [2.05, 4.69) is 68.0 Å². The van der Waals surface area contributed by atoms with Gasteiger partial charge in [-0.05, 0) is 89.3 Å². The molecule has 5 atom stereocenters. The van der Waals surface area contributed by atoms with Crippen LogP contribution in [0.5, 0.6) is 0 Å². The van der Waals surface area contributed by atoms with E-state index in [9.17, 15) is 9.18 Å². The molecule has 4 N–H and O–H groups in total. The topological polar surface area (TPSA) is 86.5 Å². The van der Waals surface area contributed by atoms with Gasteiger partial charge in [-0.3, -0.25) is 4.99 Å². The lowest BCUT2D eigenvalue weighted by Crippen LogP contribution is -2.63. The highest BCUT2D eigenvalue weighted by Gasteiger charge is 2.58. The molecule has 7 heteroatoms. The molecule has 6 nitrogen and oxygen atoms in total. The van der Waals surface area contributed by atoms with Gasteiger partial charge in [-0.15, -0.1) is 0 Å². The van der Waals surface area contributed by atoms with E-state index in [0.29, 0.717) is 5.92 Å². The van der Waals surface area contributed by atoms with Crippen molar-refractivity contribution in [3.05, 3.63) is 72.5 Å². The summed E-state index contributed by atoms with van der Waals surface area (Å²) in [6, 6.07) is 5.00. The first-order valence-electron chi connectivity index (χ1n) is 15.3. The molecule has 234 valence electrons. The third-order valence-electron chi connectivity index (χ3n) is 8.83. The molecule has 42 heavy (non-hydrogen) atoms. The standard InChI is InChI=1S/C24H36FN3.C7H11N.C4H9NO/c1-7-16(4)17(5)28-13-12-23(6,9-3)24(28,26)21(8-2)20-15-27-22-14-18(25)10-11-19(20)22;1-4-5-6-8-7(2)3;1-4(3-6)5-2/h10-11,14-16,21,27H,5,7-9,12-13,26H2,1-4,6H3;4-6H,2H2,1,3H3;3-5H,1-2H3/b;5-4-,8-6?;/t16?,21-,23+,24-;;4-/m1.0/s1. The SMILES string of the molecule is C=C(C(C)CC)N1CC[C@](C)(CC)[C@@]1(N)[C@H](CC)c1c[nH]c2cc(F)ccc12.C=C(C)N=C/C=C\C.CN[C@@H](C)C=O. The van der Waals surface area contributed by atoms with E-state index < -0.39 is 5.66 Å².